The van der Waals surface area contributed by atoms with E-state index in [1.54, 1.807) is 24.3 Å². The molecule has 2 aromatic rings. The SMILES string of the molecule is NC(CC(=O)C(=O)c1ccc(F)c(C(F)(F)F)c1)(C(=O)O)C1c2ccccc2NC2CCCC21. The number of nitrogens with one attached hydrogen (secondary N) is 1. The molecule has 34 heavy (non-hydrogen) atoms. The molecule has 6 nitrogen and oxygen atoms in total. The van der Waals surface area contributed by atoms with Gasteiger partial charge in [0, 0.05) is 29.6 Å². The topological polar surface area (TPSA) is 109 Å². The Bertz CT molecular complexity index is 1170. The molecule has 4 atom stereocenters. The van der Waals surface area contributed by atoms with Crippen molar-refractivity contribution >= 4 is 23.2 Å². The zero-order chi connectivity index (χ0) is 24.8. The van der Waals surface area contributed by atoms with Crippen molar-refractivity contribution in [3.8, 4) is 0 Å². The summed E-state index contributed by atoms with van der Waals surface area (Å²) < 4.78 is 52.7. The molecular weight excluding hydrogens is 456 g/mol. The molecule has 1 saturated carbocycles. The maximum absolute atomic E-state index is 13.6. The number of para-hydroxylation sites is 1. The van der Waals surface area contributed by atoms with Crippen LogP contribution in [0.5, 0.6) is 0 Å². The van der Waals surface area contributed by atoms with Crippen molar-refractivity contribution in [1.29, 1.82) is 0 Å². The summed E-state index contributed by atoms with van der Waals surface area (Å²) in [5.41, 5.74) is 3.14. The van der Waals surface area contributed by atoms with Crippen LogP contribution in [-0.4, -0.2) is 34.2 Å². The van der Waals surface area contributed by atoms with Gasteiger partial charge in [-0.25, -0.2) is 4.39 Å². The van der Waals surface area contributed by atoms with E-state index < -0.39 is 58.5 Å². The lowest BCUT2D eigenvalue weighted by Crippen LogP contribution is -2.59. The first-order valence-electron chi connectivity index (χ1n) is 10.8. The number of alkyl halides is 3. The summed E-state index contributed by atoms with van der Waals surface area (Å²) in [6, 6.07) is 8.39. The minimum atomic E-state index is -5.07. The molecule has 0 amide bonds. The van der Waals surface area contributed by atoms with Crippen LogP contribution in [0.15, 0.2) is 42.5 Å². The highest BCUT2D eigenvalue weighted by atomic mass is 19.4. The largest absolute Gasteiger partial charge is 0.480 e. The smallest absolute Gasteiger partial charge is 0.419 e. The maximum atomic E-state index is 13.6. The predicted molar refractivity (Wildman–Crippen MR) is 114 cm³/mol. The van der Waals surface area contributed by atoms with Crippen molar-refractivity contribution < 1.29 is 37.1 Å². The lowest BCUT2D eigenvalue weighted by Gasteiger charge is -2.44. The lowest BCUT2D eigenvalue weighted by molar-refractivity contribution is -0.147. The molecule has 0 spiro atoms. The average molecular weight is 478 g/mol. The van der Waals surface area contributed by atoms with Crippen LogP contribution in [0, 0.1) is 11.7 Å². The van der Waals surface area contributed by atoms with E-state index in [4.69, 9.17) is 5.73 Å². The van der Waals surface area contributed by atoms with Crippen molar-refractivity contribution in [2.24, 2.45) is 11.7 Å². The number of Topliss-reactive ketones (excluding diaryl/α,β-unsaturated/α-hetero) is 2. The van der Waals surface area contributed by atoms with E-state index in [0.29, 0.717) is 23.7 Å². The fraction of sp³-hybridized carbons (Fsp3) is 0.375. The highest BCUT2D eigenvalue weighted by molar-refractivity contribution is 6.44. The van der Waals surface area contributed by atoms with E-state index in [0.717, 1.165) is 18.9 Å². The molecule has 4 unspecified atom stereocenters. The molecule has 2 aromatic carbocycles. The van der Waals surface area contributed by atoms with Gasteiger partial charge in [-0.05, 0) is 48.6 Å². The van der Waals surface area contributed by atoms with Crippen molar-refractivity contribution in [3.05, 3.63) is 65.0 Å². The Hall–Kier alpha value is -3.27. The van der Waals surface area contributed by atoms with E-state index in [1.165, 1.54) is 0 Å². The molecule has 0 aromatic heterocycles. The fourth-order valence-electron chi connectivity index (χ4n) is 5.27. The predicted octanol–water partition coefficient (Wildman–Crippen LogP) is 4.15. The van der Waals surface area contributed by atoms with Crippen molar-refractivity contribution in [3.63, 3.8) is 0 Å². The van der Waals surface area contributed by atoms with Gasteiger partial charge in [0.05, 0.1) is 5.56 Å². The van der Waals surface area contributed by atoms with Gasteiger partial charge in [0.15, 0.2) is 0 Å². The van der Waals surface area contributed by atoms with Crippen LogP contribution in [0.25, 0.3) is 0 Å². The van der Waals surface area contributed by atoms with Gasteiger partial charge < -0.3 is 16.2 Å². The second-order valence-corrected chi connectivity index (χ2v) is 8.88. The zero-order valence-corrected chi connectivity index (χ0v) is 17.9. The van der Waals surface area contributed by atoms with Crippen molar-refractivity contribution in [1.82, 2.24) is 0 Å². The number of rotatable bonds is 6. The Balaban J connectivity index is 1.69. The van der Waals surface area contributed by atoms with E-state index in [-0.39, 0.29) is 18.0 Å². The number of hydrogen-bond acceptors (Lipinski definition) is 5. The van der Waals surface area contributed by atoms with Gasteiger partial charge in [-0.3, -0.25) is 14.4 Å². The molecule has 1 fully saturated rings. The number of hydrogen-bond donors (Lipinski definition) is 3. The van der Waals surface area contributed by atoms with E-state index >= 15 is 0 Å². The monoisotopic (exact) mass is 478 g/mol. The van der Waals surface area contributed by atoms with Gasteiger partial charge >= 0.3 is 12.1 Å². The third-order valence-electron chi connectivity index (χ3n) is 6.83. The molecule has 0 bridgehead atoms. The fourth-order valence-corrected chi connectivity index (χ4v) is 5.27. The molecule has 1 aliphatic heterocycles. The van der Waals surface area contributed by atoms with E-state index in [2.05, 4.69) is 5.32 Å². The van der Waals surface area contributed by atoms with Crippen LogP contribution in [-0.2, 0) is 15.8 Å². The molecule has 10 heteroatoms. The Labute approximate surface area is 192 Å². The number of halogens is 4. The molecule has 4 N–H and O–H groups in total. The Morgan fingerprint density at radius 3 is 2.47 bits per heavy atom. The Kier molecular flexibility index (Phi) is 5.97. The first kappa shape index (κ1) is 23.9. The minimum Gasteiger partial charge on any atom is -0.480 e. The molecule has 180 valence electrons. The van der Waals surface area contributed by atoms with Gasteiger partial charge in [0.25, 0.3) is 0 Å². The van der Waals surface area contributed by atoms with E-state index in [9.17, 15) is 37.1 Å². The Morgan fingerprint density at radius 2 is 1.79 bits per heavy atom. The highest BCUT2D eigenvalue weighted by Gasteiger charge is 2.54. The maximum Gasteiger partial charge on any atom is 0.419 e. The highest BCUT2D eigenvalue weighted by Crippen LogP contribution is 2.50. The van der Waals surface area contributed by atoms with Crippen LogP contribution in [0.2, 0.25) is 0 Å². The van der Waals surface area contributed by atoms with Crippen molar-refractivity contribution in [2.75, 3.05) is 5.32 Å². The molecule has 4 rings (SSSR count). The second-order valence-electron chi connectivity index (χ2n) is 8.88. The van der Waals surface area contributed by atoms with Crippen LogP contribution < -0.4 is 11.1 Å². The molecule has 2 aliphatic rings. The summed E-state index contributed by atoms with van der Waals surface area (Å²) >= 11 is 0. The lowest BCUT2D eigenvalue weighted by atomic mass is 9.66. The summed E-state index contributed by atoms with van der Waals surface area (Å²) in [5.74, 6) is -6.70. The van der Waals surface area contributed by atoms with Gasteiger partial charge in [-0.1, -0.05) is 24.6 Å². The van der Waals surface area contributed by atoms with Gasteiger partial charge in [0.2, 0.25) is 11.6 Å². The first-order valence-corrected chi connectivity index (χ1v) is 10.8. The summed E-state index contributed by atoms with van der Waals surface area (Å²) in [4.78, 5) is 38.0. The van der Waals surface area contributed by atoms with Crippen molar-refractivity contribution in [2.45, 2.75) is 49.4 Å². The van der Waals surface area contributed by atoms with Crippen LogP contribution in [0.1, 0.15) is 53.1 Å². The number of nitrogens with two attached hydrogens (primary N) is 1. The summed E-state index contributed by atoms with van der Waals surface area (Å²) in [6.07, 6.45) is -3.71. The zero-order valence-electron chi connectivity index (χ0n) is 17.9. The number of fused-ring (bicyclic) bond motifs is 2. The molecule has 1 heterocycles. The summed E-state index contributed by atoms with van der Waals surface area (Å²) in [5, 5.41) is 13.5. The number of carboxylic acid groups (broad SMARTS) is 1. The minimum absolute atomic E-state index is 0.0561. The molecule has 1 aliphatic carbocycles. The third kappa shape index (κ3) is 4.06. The number of carboxylic acids is 1. The number of aliphatic carboxylic acids is 1. The first-order chi connectivity index (χ1) is 15.9. The van der Waals surface area contributed by atoms with Gasteiger partial charge in [-0.2, -0.15) is 13.2 Å². The Morgan fingerprint density at radius 1 is 1.09 bits per heavy atom. The standard InChI is InChI=1S/C24H22F4N2O4/c25-16-9-8-12(10-15(16)24(26,27)28)21(32)19(31)11-23(29,22(33)34)20-13-4-1-2-6-17(13)30-18-7-3-5-14(18)20/h1-2,4,6,8-10,14,18,20,30H,3,5,7,11,29H2,(H,33,34). The number of carbonyl (C=O) groups excluding carboxylic acids is 2. The normalized spacial score (nSPS) is 23.3. The summed E-state index contributed by atoms with van der Waals surface area (Å²) in [7, 11) is 0. The van der Waals surface area contributed by atoms with Crippen LogP contribution in [0.4, 0.5) is 23.2 Å². The summed E-state index contributed by atoms with van der Waals surface area (Å²) in [6.45, 7) is 0. The number of anilines is 1. The van der Waals surface area contributed by atoms with Crippen LogP contribution >= 0.6 is 0 Å². The van der Waals surface area contributed by atoms with E-state index in [1.807, 2.05) is 0 Å². The number of benzene rings is 2. The molecular formula is C24H22F4N2O4. The average Bonchev–Trinajstić information content (AvgIpc) is 3.24. The number of ketones is 2. The van der Waals surface area contributed by atoms with Gasteiger partial charge in [-0.15, -0.1) is 0 Å². The molecule has 0 saturated heterocycles. The second kappa shape index (κ2) is 8.50. The number of carbonyl (C=O) groups is 3. The van der Waals surface area contributed by atoms with Gasteiger partial charge in [0.1, 0.15) is 11.4 Å². The molecule has 0 radical (unpaired) electrons. The third-order valence-corrected chi connectivity index (χ3v) is 6.83. The quantitative estimate of drug-likeness (QED) is 0.327. The van der Waals surface area contributed by atoms with Crippen LogP contribution in [0.3, 0.4) is 0 Å².